The number of hydrogen-bond acceptors (Lipinski definition) is 4. The molecule has 0 atom stereocenters. The molecule has 1 aromatic heterocycles. The highest BCUT2D eigenvalue weighted by atomic mass is 35.5. The lowest BCUT2D eigenvalue weighted by Crippen LogP contribution is -2.30. The molecule has 1 aromatic carbocycles. The van der Waals surface area contributed by atoms with E-state index in [0.29, 0.717) is 23.0 Å². The molecule has 0 unspecified atom stereocenters. The lowest BCUT2D eigenvalue weighted by molar-refractivity contribution is -0.117. The number of benzene rings is 1. The monoisotopic (exact) mass is 362 g/mol. The van der Waals surface area contributed by atoms with Crippen LogP contribution in [0.3, 0.4) is 0 Å². The molecular formula is C18H23ClN4O2. The van der Waals surface area contributed by atoms with Gasteiger partial charge < -0.3 is 10.1 Å². The third kappa shape index (κ3) is 4.52. The molecule has 1 N–H and O–H groups in total. The molecule has 0 aliphatic carbocycles. The normalized spacial score (nSPS) is 13.6. The maximum Gasteiger partial charge on any atom is 0.238 e. The summed E-state index contributed by atoms with van der Waals surface area (Å²) in [5.41, 5.74) is 2.88. The molecule has 7 heteroatoms. The van der Waals surface area contributed by atoms with E-state index in [1.807, 2.05) is 11.9 Å². The molecule has 0 saturated heterocycles. The molecule has 2 aromatic rings. The highest BCUT2D eigenvalue weighted by molar-refractivity contribution is 6.31. The van der Waals surface area contributed by atoms with Crippen LogP contribution in [0.2, 0.25) is 5.02 Å². The third-order valence-electron chi connectivity index (χ3n) is 4.25. The van der Waals surface area contributed by atoms with Gasteiger partial charge >= 0.3 is 0 Å². The van der Waals surface area contributed by atoms with E-state index >= 15 is 0 Å². The summed E-state index contributed by atoms with van der Waals surface area (Å²) >= 11 is 5.99. The van der Waals surface area contributed by atoms with Crippen LogP contribution in [0.1, 0.15) is 24.2 Å². The fourth-order valence-corrected chi connectivity index (χ4v) is 3.27. The average molecular weight is 363 g/mol. The summed E-state index contributed by atoms with van der Waals surface area (Å²) in [7, 11) is 3.47. The predicted octanol–water partition coefficient (Wildman–Crippen LogP) is 2.95. The smallest absolute Gasteiger partial charge is 0.238 e. The minimum Gasteiger partial charge on any atom is -0.495 e. The number of carbonyl (C=O) groups is 1. The van der Waals surface area contributed by atoms with Crippen molar-refractivity contribution in [3.8, 4) is 5.75 Å². The Morgan fingerprint density at radius 2 is 2.24 bits per heavy atom. The Kier molecular flexibility index (Phi) is 5.60. The Hall–Kier alpha value is -2.05. The molecule has 0 radical (unpaired) electrons. The van der Waals surface area contributed by atoms with Crippen LogP contribution >= 0.6 is 11.6 Å². The molecule has 0 fully saturated rings. The van der Waals surface area contributed by atoms with E-state index in [-0.39, 0.29) is 12.5 Å². The van der Waals surface area contributed by atoms with Crippen LogP contribution in [-0.4, -0.2) is 41.3 Å². The number of carbonyl (C=O) groups excluding carboxylic acids is 1. The summed E-state index contributed by atoms with van der Waals surface area (Å²) in [6.07, 6.45) is 3.50. The first-order valence-electron chi connectivity index (χ1n) is 8.42. The second-order valence-electron chi connectivity index (χ2n) is 6.37. The van der Waals surface area contributed by atoms with E-state index in [1.54, 1.807) is 25.3 Å². The number of halogens is 1. The molecular weight excluding hydrogens is 340 g/mol. The first kappa shape index (κ1) is 17.8. The Labute approximate surface area is 152 Å². The van der Waals surface area contributed by atoms with Crippen LogP contribution in [0.4, 0.5) is 5.69 Å². The lowest BCUT2D eigenvalue weighted by atomic mass is 10.1. The minimum absolute atomic E-state index is 0.118. The van der Waals surface area contributed by atoms with Crippen LogP contribution < -0.4 is 10.1 Å². The molecule has 0 spiro atoms. The van der Waals surface area contributed by atoms with E-state index in [0.717, 1.165) is 18.7 Å². The van der Waals surface area contributed by atoms with Crippen molar-refractivity contribution in [2.45, 2.75) is 32.4 Å². The third-order valence-corrected chi connectivity index (χ3v) is 4.48. The van der Waals surface area contributed by atoms with Crippen molar-refractivity contribution in [3.63, 3.8) is 0 Å². The topological polar surface area (TPSA) is 59.4 Å². The summed E-state index contributed by atoms with van der Waals surface area (Å²) in [6.45, 7) is 1.89. The van der Waals surface area contributed by atoms with Gasteiger partial charge in [0.15, 0.2) is 0 Å². The first-order valence-corrected chi connectivity index (χ1v) is 8.80. The van der Waals surface area contributed by atoms with Gasteiger partial charge in [0.2, 0.25) is 5.91 Å². The zero-order valence-electron chi connectivity index (χ0n) is 14.6. The Bertz CT molecular complexity index is 736. The zero-order valence-corrected chi connectivity index (χ0v) is 15.3. The van der Waals surface area contributed by atoms with E-state index in [9.17, 15) is 4.79 Å². The molecule has 1 aliphatic rings. The molecule has 1 aliphatic heterocycles. The Balaban J connectivity index is 1.57. The molecule has 134 valence electrons. The van der Waals surface area contributed by atoms with Crippen molar-refractivity contribution < 1.29 is 9.53 Å². The second kappa shape index (κ2) is 7.89. The van der Waals surface area contributed by atoms with Crippen molar-refractivity contribution in [3.05, 3.63) is 40.7 Å². The number of hydrogen-bond donors (Lipinski definition) is 1. The molecule has 0 saturated carbocycles. The Morgan fingerprint density at radius 3 is 3.00 bits per heavy atom. The molecule has 0 bridgehead atoms. The van der Waals surface area contributed by atoms with Gasteiger partial charge in [-0.05, 0) is 50.6 Å². The highest BCUT2D eigenvalue weighted by Crippen LogP contribution is 2.27. The van der Waals surface area contributed by atoms with Crippen molar-refractivity contribution in [2.75, 3.05) is 26.0 Å². The zero-order chi connectivity index (χ0) is 17.8. The number of ether oxygens (including phenoxy) is 1. The van der Waals surface area contributed by atoms with Gasteiger partial charge in [0.05, 0.1) is 25.0 Å². The first-order chi connectivity index (χ1) is 12.0. The number of aryl methyl sites for hydroxylation is 2. The van der Waals surface area contributed by atoms with Gasteiger partial charge in [-0.25, -0.2) is 0 Å². The number of nitrogens with zero attached hydrogens (tertiary/aromatic N) is 3. The van der Waals surface area contributed by atoms with Crippen LogP contribution in [0.25, 0.3) is 0 Å². The van der Waals surface area contributed by atoms with Crippen LogP contribution in [0.15, 0.2) is 24.3 Å². The number of aromatic nitrogens is 2. The number of anilines is 1. The van der Waals surface area contributed by atoms with E-state index < -0.39 is 0 Å². The largest absolute Gasteiger partial charge is 0.495 e. The molecule has 6 nitrogen and oxygen atoms in total. The maximum atomic E-state index is 12.3. The van der Waals surface area contributed by atoms with E-state index in [4.69, 9.17) is 16.3 Å². The van der Waals surface area contributed by atoms with Gasteiger partial charge in [-0.2, -0.15) is 5.10 Å². The number of fused-ring (bicyclic) bond motifs is 1. The lowest BCUT2D eigenvalue weighted by Gasteiger charge is -2.16. The standard InChI is InChI=1S/C18H23ClN4O2/c1-22(11-14-10-15-5-3-4-8-23(15)21-14)12-18(24)20-16-9-13(19)6-7-17(16)25-2/h6-7,9-10H,3-5,8,11-12H2,1-2H3,(H,20,24). The number of likely N-dealkylation sites (N-methyl/N-ethyl adjacent to an activating group) is 1. The highest BCUT2D eigenvalue weighted by Gasteiger charge is 2.15. The van der Waals surface area contributed by atoms with Gasteiger partial charge in [0.25, 0.3) is 0 Å². The number of methoxy groups -OCH3 is 1. The second-order valence-corrected chi connectivity index (χ2v) is 6.81. The molecule has 1 amide bonds. The van der Waals surface area contributed by atoms with Crippen molar-refractivity contribution >= 4 is 23.2 Å². The van der Waals surface area contributed by atoms with E-state index in [2.05, 4.69) is 21.2 Å². The summed E-state index contributed by atoms with van der Waals surface area (Å²) in [5, 5.41) is 8.03. The number of amides is 1. The van der Waals surface area contributed by atoms with Gasteiger partial charge in [0, 0.05) is 23.8 Å². The quantitative estimate of drug-likeness (QED) is 0.858. The van der Waals surface area contributed by atoms with Crippen LogP contribution in [-0.2, 0) is 24.3 Å². The fourth-order valence-electron chi connectivity index (χ4n) is 3.10. The van der Waals surface area contributed by atoms with Crippen LogP contribution in [0.5, 0.6) is 5.75 Å². The summed E-state index contributed by atoms with van der Waals surface area (Å²) in [6, 6.07) is 7.29. The maximum absolute atomic E-state index is 12.3. The van der Waals surface area contributed by atoms with E-state index in [1.165, 1.54) is 18.5 Å². The minimum atomic E-state index is -0.118. The summed E-state index contributed by atoms with van der Waals surface area (Å²) in [4.78, 5) is 14.3. The molecule has 3 rings (SSSR count). The van der Waals surface area contributed by atoms with Crippen molar-refractivity contribution in [1.29, 1.82) is 0 Å². The number of rotatable bonds is 6. The van der Waals surface area contributed by atoms with Crippen molar-refractivity contribution in [1.82, 2.24) is 14.7 Å². The summed E-state index contributed by atoms with van der Waals surface area (Å²) < 4.78 is 7.34. The number of nitrogens with one attached hydrogen (secondary N) is 1. The van der Waals surface area contributed by atoms with Gasteiger partial charge in [-0.3, -0.25) is 14.4 Å². The Morgan fingerprint density at radius 1 is 1.40 bits per heavy atom. The fraction of sp³-hybridized carbons (Fsp3) is 0.444. The SMILES string of the molecule is COc1ccc(Cl)cc1NC(=O)CN(C)Cc1cc2n(n1)CCCC2. The molecule has 25 heavy (non-hydrogen) atoms. The predicted molar refractivity (Wildman–Crippen MR) is 98.1 cm³/mol. The van der Waals surface area contributed by atoms with Gasteiger partial charge in [0.1, 0.15) is 5.75 Å². The van der Waals surface area contributed by atoms with Gasteiger partial charge in [-0.15, -0.1) is 0 Å². The van der Waals surface area contributed by atoms with Gasteiger partial charge in [-0.1, -0.05) is 11.6 Å². The molecule has 2 heterocycles. The van der Waals surface area contributed by atoms with Crippen molar-refractivity contribution in [2.24, 2.45) is 0 Å². The average Bonchev–Trinajstić information content (AvgIpc) is 2.96. The summed E-state index contributed by atoms with van der Waals surface area (Å²) in [5.74, 6) is 0.467. The van der Waals surface area contributed by atoms with Crippen LogP contribution in [0, 0.1) is 0 Å².